The van der Waals surface area contributed by atoms with Crippen LogP contribution >= 0.6 is 11.6 Å². The van der Waals surface area contributed by atoms with Crippen LogP contribution < -0.4 is 4.72 Å². The normalized spacial score (nSPS) is 11.9. The van der Waals surface area contributed by atoms with Crippen molar-refractivity contribution in [1.82, 2.24) is 4.72 Å². The van der Waals surface area contributed by atoms with Gasteiger partial charge in [-0.15, -0.1) is 0 Å². The van der Waals surface area contributed by atoms with Gasteiger partial charge in [0.15, 0.2) is 0 Å². The van der Waals surface area contributed by atoms with Crippen molar-refractivity contribution in [1.29, 1.82) is 5.26 Å². The fourth-order valence-corrected chi connectivity index (χ4v) is 3.71. The molecule has 0 unspecified atom stereocenters. The number of nitriles is 1. The van der Waals surface area contributed by atoms with E-state index in [0.29, 0.717) is 0 Å². The highest BCUT2D eigenvalue weighted by atomic mass is 35.5. The second-order valence-electron chi connectivity index (χ2n) is 4.38. The molecule has 7 nitrogen and oxygen atoms in total. The lowest BCUT2D eigenvalue weighted by Crippen LogP contribution is -2.46. The van der Waals surface area contributed by atoms with Gasteiger partial charge in [0, 0.05) is 12.1 Å². The van der Waals surface area contributed by atoms with E-state index in [2.05, 4.69) is 4.72 Å². The smallest absolute Gasteiger partial charge is 0.258 e. The Morgan fingerprint density at radius 1 is 1.43 bits per heavy atom. The maximum Gasteiger partial charge on any atom is 0.271 e. The number of benzene rings is 1. The Morgan fingerprint density at radius 3 is 2.38 bits per heavy atom. The summed E-state index contributed by atoms with van der Waals surface area (Å²) in [5.41, 5.74) is -1.54. The molecule has 0 spiro atoms. The maximum absolute atomic E-state index is 12.3. The lowest BCUT2D eigenvalue weighted by Gasteiger charge is -2.24. The zero-order valence-corrected chi connectivity index (χ0v) is 13.0. The molecule has 1 aromatic carbocycles. The molecule has 0 aromatic heterocycles. The van der Waals surface area contributed by atoms with E-state index < -0.39 is 20.5 Å². The minimum Gasteiger partial charge on any atom is -0.258 e. The van der Waals surface area contributed by atoms with Gasteiger partial charge in [0.2, 0.25) is 10.0 Å². The van der Waals surface area contributed by atoms with Crippen molar-refractivity contribution < 1.29 is 13.3 Å². The zero-order valence-electron chi connectivity index (χ0n) is 11.5. The lowest BCUT2D eigenvalue weighted by molar-refractivity contribution is -0.384. The molecule has 9 heteroatoms. The van der Waals surface area contributed by atoms with Gasteiger partial charge >= 0.3 is 0 Å². The fraction of sp³-hybridized carbons (Fsp3) is 0.417. The topological polar surface area (TPSA) is 113 Å². The third-order valence-corrected chi connectivity index (χ3v) is 5.19. The summed E-state index contributed by atoms with van der Waals surface area (Å²) in [6.07, 6.45) is 0.563. The van der Waals surface area contributed by atoms with Crippen LogP contribution in [0.15, 0.2) is 23.1 Å². The van der Waals surface area contributed by atoms with E-state index in [4.69, 9.17) is 11.6 Å². The van der Waals surface area contributed by atoms with Crippen LogP contribution in [-0.2, 0) is 10.0 Å². The Morgan fingerprint density at radius 2 is 2.00 bits per heavy atom. The highest BCUT2D eigenvalue weighted by Crippen LogP contribution is 2.28. The van der Waals surface area contributed by atoms with Gasteiger partial charge in [-0.3, -0.25) is 10.1 Å². The van der Waals surface area contributed by atoms with Crippen LogP contribution in [-0.4, -0.2) is 18.9 Å². The van der Waals surface area contributed by atoms with E-state index in [1.807, 2.05) is 6.07 Å². The monoisotopic (exact) mass is 331 g/mol. The van der Waals surface area contributed by atoms with Gasteiger partial charge in [-0.05, 0) is 18.9 Å². The molecule has 114 valence electrons. The number of nitro benzene ring substituents is 1. The van der Waals surface area contributed by atoms with Crippen LogP contribution in [0.5, 0.6) is 0 Å². The van der Waals surface area contributed by atoms with Crippen molar-refractivity contribution in [2.45, 2.75) is 37.1 Å². The van der Waals surface area contributed by atoms with E-state index in [1.165, 1.54) is 0 Å². The van der Waals surface area contributed by atoms with Crippen LogP contribution in [0, 0.1) is 21.4 Å². The molecule has 0 fully saturated rings. The van der Waals surface area contributed by atoms with Crippen LogP contribution in [0.2, 0.25) is 5.02 Å². The quantitative estimate of drug-likeness (QED) is 0.635. The molecule has 0 heterocycles. The number of nitrogens with one attached hydrogen (secondary N) is 1. The molecule has 0 aliphatic rings. The first-order valence-corrected chi connectivity index (χ1v) is 7.96. The Labute approximate surface area is 127 Å². The molecule has 0 atom stereocenters. The van der Waals surface area contributed by atoms with E-state index in [9.17, 15) is 23.8 Å². The Hall–Kier alpha value is -1.69. The number of rotatable bonds is 6. The summed E-state index contributed by atoms with van der Waals surface area (Å²) in [6.45, 7) is 3.37. The number of nitro groups is 1. The molecule has 0 radical (unpaired) electrons. The first-order chi connectivity index (χ1) is 9.71. The van der Waals surface area contributed by atoms with E-state index >= 15 is 0 Å². The molecular weight excluding hydrogens is 318 g/mol. The molecule has 21 heavy (non-hydrogen) atoms. The summed E-state index contributed by atoms with van der Waals surface area (Å²) in [6, 6.07) is 5.01. The first-order valence-electron chi connectivity index (χ1n) is 6.10. The largest absolute Gasteiger partial charge is 0.271 e. The minimum atomic E-state index is -4.05. The van der Waals surface area contributed by atoms with Crippen molar-refractivity contribution in [3.63, 3.8) is 0 Å². The second-order valence-corrected chi connectivity index (χ2v) is 6.44. The van der Waals surface area contributed by atoms with E-state index in [0.717, 1.165) is 18.2 Å². The molecule has 0 bridgehead atoms. The average molecular weight is 332 g/mol. The second kappa shape index (κ2) is 6.39. The number of halogens is 1. The average Bonchev–Trinajstić information content (AvgIpc) is 2.44. The van der Waals surface area contributed by atoms with Crippen LogP contribution in [0.4, 0.5) is 5.69 Å². The van der Waals surface area contributed by atoms with E-state index in [-0.39, 0.29) is 28.4 Å². The summed E-state index contributed by atoms with van der Waals surface area (Å²) < 4.78 is 26.9. The summed E-state index contributed by atoms with van der Waals surface area (Å²) in [5, 5.41) is 19.5. The van der Waals surface area contributed by atoms with Gasteiger partial charge in [-0.2, -0.15) is 9.98 Å². The molecule has 1 rings (SSSR count). The van der Waals surface area contributed by atoms with Gasteiger partial charge in [0.05, 0.1) is 16.0 Å². The Kier molecular flexibility index (Phi) is 5.28. The summed E-state index contributed by atoms with van der Waals surface area (Å²) in [5.74, 6) is 0. The van der Waals surface area contributed by atoms with Crippen molar-refractivity contribution in [2.24, 2.45) is 0 Å². The molecule has 1 aromatic rings. The van der Waals surface area contributed by atoms with E-state index in [1.54, 1.807) is 13.8 Å². The van der Waals surface area contributed by atoms with Crippen LogP contribution in [0.3, 0.4) is 0 Å². The van der Waals surface area contributed by atoms with Gasteiger partial charge in [-0.1, -0.05) is 25.4 Å². The zero-order chi connectivity index (χ0) is 16.3. The number of nitrogens with zero attached hydrogens (tertiary/aromatic N) is 2. The molecular formula is C12H14ClN3O4S. The van der Waals surface area contributed by atoms with Crippen LogP contribution in [0.1, 0.15) is 26.7 Å². The van der Waals surface area contributed by atoms with Crippen molar-refractivity contribution in [2.75, 3.05) is 0 Å². The third-order valence-electron chi connectivity index (χ3n) is 3.17. The summed E-state index contributed by atoms with van der Waals surface area (Å²) >= 11 is 5.81. The van der Waals surface area contributed by atoms with Crippen LogP contribution in [0.25, 0.3) is 0 Å². The predicted octanol–water partition coefficient (Wildman–Crippen LogP) is 2.61. The number of non-ortho nitro benzene ring substituents is 1. The van der Waals surface area contributed by atoms with Gasteiger partial charge in [0.25, 0.3) is 5.69 Å². The van der Waals surface area contributed by atoms with Gasteiger partial charge in [-0.25, -0.2) is 8.42 Å². The fourth-order valence-electron chi connectivity index (χ4n) is 1.71. The predicted molar refractivity (Wildman–Crippen MR) is 77.4 cm³/mol. The molecule has 0 amide bonds. The van der Waals surface area contributed by atoms with Crippen molar-refractivity contribution in [3.8, 4) is 6.07 Å². The molecule has 0 aliphatic heterocycles. The third kappa shape index (κ3) is 3.69. The minimum absolute atomic E-state index is 0.268. The number of hydrogen-bond acceptors (Lipinski definition) is 5. The summed E-state index contributed by atoms with van der Waals surface area (Å²) in [7, 11) is -4.05. The first kappa shape index (κ1) is 17.4. The van der Waals surface area contributed by atoms with Gasteiger partial charge in [0.1, 0.15) is 10.4 Å². The van der Waals surface area contributed by atoms with Crippen molar-refractivity contribution in [3.05, 3.63) is 33.3 Å². The van der Waals surface area contributed by atoms with Gasteiger partial charge < -0.3 is 0 Å². The summed E-state index contributed by atoms with van der Waals surface area (Å²) in [4.78, 5) is 9.65. The maximum atomic E-state index is 12.3. The standard InChI is InChI=1S/C12H14ClN3O4S/c1-3-12(4-2,8-14)15-21(19,20)11-6-5-9(16(17)18)7-10(11)13/h5-7,15H,3-4H2,1-2H3. The lowest BCUT2D eigenvalue weighted by atomic mass is 9.97. The molecule has 0 saturated heterocycles. The molecule has 1 N–H and O–H groups in total. The van der Waals surface area contributed by atoms with Crippen molar-refractivity contribution >= 4 is 27.3 Å². The number of hydrogen-bond donors (Lipinski definition) is 1. The molecule has 0 saturated carbocycles. The Balaban J connectivity index is 3.27. The number of sulfonamides is 1. The highest BCUT2D eigenvalue weighted by molar-refractivity contribution is 7.89. The highest BCUT2D eigenvalue weighted by Gasteiger charge is 2.33. The molecule has 0 aliphatic carbocycles. The SMILES string of the molecule is CCC(C#N)(CC)NS(=O)(=O)c1ccc([N+](=O)[O-])cc1Cl. The Bertz CT molecular complexity index is 693.